The molecule has 0 spiro atoms. The first-order valence-corrected chi connectivity index (χ1v) is 4.91. The normalized spacial score (nSPS) is 9.46. The number of benzene rings is 1. The van der Waals surface area contributed by atoms with Crippen molar-refractivity contribution >= 4 is 20.3 Å². The Labute approximate surface area is 86.9 Å². The van der Waals surface area contributed by atoms with Gasteiger partial charge in [0.15, 0.2) is 0 Å². The van der Waals surface area contributed by atoms with Crippen molar-refractivity contribution in [1.82, 2.24) is 4.90 Å². The Bertz CT molecular complexity index is 310. The molecule has 0 atom stereocenters. The summed E-state index contributed by atoms with van der Waals surface area (Å²) < 4.78 is 6.31. The maximum atomic E-state index is 5.54. The van der Waals surface area contributed by atoms with Crippen LogP contribution in [0.4, 0.5) is 0 Å². The predicted molar refractivity (Wildman–Crippen MR) is 56.3 cm³/mol. The van der Waals surface area contributed by atoms with Crippen LogP contribution in [-0.4, -0.2) is 39.3 Å². The van der Waals surface area contributed by atoms with Crippen molar-refractivity contribution in [1.29, 1.82) is 0 Å². The average Bonchev–Trinajstić information content (AvgIpc) is 2.04. The summed E-state index contributed by atoms with van der Waals surface area (Å²) in [6.45, 7) is 2.04. The van der Waals surface area contributed by atoms with Gasteiger partial charge in [0.05, 0.1) is 0 Å². The number of ether oxygens (including phenoxy) is 1. The fourth-order valence-corrected chi connectivity index (χ4v) is 1.07. The molecule has 1 rings (SSSR count). The number of rotatable bonds is 3. The van der Waals surface area contributed by atoms with Crippen LogP contribution in [0.2, 0.25) is 0 Å². The first-order chi connectivity index (χ1) is 6.09. The quantitative estimate of drug-likeness (QED) is 0.738. The van der Waals surface area contributed by atoms with Gasteiger partial charge in [0.2, 0.25) is 0 Å². The third kappa shape index (κ3) is 3.21. The first kappa shape index (κ1) is 10.3. The molecule has 0 fully saturated rings. The fraction of sp³-hybridized carbons (Fsp3) is 0.300. The molecule has 0 unspecified atom stereocenters. The Hall–Kier alpha value is -0.791. The van der Waals surface area contributed by atoms with E-state index in [0.717, 1.165) is 10.5 Å². The molecule has 0 saturated heterocycles. The van der Waals surface area contributed by atoms with E-state index in [-0.39, 0.29) is 0 Å². The van der Waals surface area contributed by atoms with Gasteiger partial charge in [-0.2, -0.15) is 0 Å². The molecule has 0 radical (unpaired) electrons. The second kappa shape index (κ2) is 4.45. The van der Waals surface area contributed by atoms with E-state index in [1.807, 2.05) is 50.2 Å². The van der Waals surface area contributed by atoms with Gasteiger partial charge in [0.1, 0.15) is 0 Å². The summed E-state index contributed by atoms with van der Waals surface area (Å²) in [5, 5.41) is 0. The summed E-state index contributed by atoms with van der Waals surface area (Å²) in [5.74, 6) is 0.863. The molecule has 0 N–H and O–H groups in total. The van der Waals surface area contributed by atoms with Gasteiger partial charge in [0.25, 0.3) is 0 Å². The van der Waals surface area contributed by atoms with E-state index in [1.54, 1.807) is 0 Å². The van der Waals surface area contributed by atoms with Crippen LogP contribution in [0.15, 0.2) is 24.3 Å². The van der Waals surface area contributed by atoms with E-state index in [2.05, 4.69) is 15.6 Å². The number of hydrogen-bond donors (Lipinski definition) is 0. The van der Waals surface area contributed by atoms with E-state index in [4.69, 9.17) is 4.74 Å². The zero-order valence-corrected chi connectivity index (χ0v) is 9.79. The molecular formula is C10H13NOSe. The van der Waals surface area contributed by atoms with E-state index in [9.17, 15) is 0 Å². The molecule has 0 heterocycles. The van der Waals surface area contributed by atoms with E-state index in [1.165, 1.54) is 5.56 Å². The molecule has 0 aliphatic carbocycles. The van der Waals surface area contributed by atoms with E-state index in [0.29, 0.717) is 0 Å². The van der Waals surface area contributed by atoms with Gasteiger partial charge >= 0.3 is 86.5 Å². The van der Waals surface area contributed by atoms with Crippen LogP contribution in [0.1, 0.15) is 5.56 Å². The molecule has 0 bridgehead atoms. The summed E-state index contributed by atoms with van der Waals surface area (Å²) in [6.07, 6.45) is 0. The first-order valence-electron chi connectivity index (χ1n) is 4.05. The summed E-state index contributed by atoms with van der Waals surface area (Å²) in [6, 6.07) is 7.96. The predicted octanol–water partition coefficient (Wildman–Crippen LogP) is 1.19. The third-order valence-electron chi connectivity index (χ3n) is 1.56. The Balaban J connectivity index is 2.69. The van der Waals surface area contributed by atoms with E-state index >= 15 is 0 Å². The van der Waals surface area contributed by atoms with Crippen molar-refractivity contribution in [2.24, 2.45) is 0 Å². The van der Waals surface area contributed by atoms with Crippen LogP contribution in [-0.2, 0) is 0 Å². The topological polar surface area (TPSA) is 12.5 Å². The van der Waals surface area contributed by atoms with E-state index < -0.39 is 0 Å². The van der Waals surface area contributed by atoms with Crippen LogP contribution in [0.3, 0.4) is 0 Å². The molecule has 1 aromatic rings. The maximum absolute atomic E-state index is 5.54. The summed E-state index contributed by atoms with van der Waals surface area (Å²) in [7, 11) is 3.86. The van der Waals surface area contributed by atoms with Gasteiger partial charge in [-0.25, -0.2) is 0 Å². The van der Waals surface area contributed by atoms with Crippen molar-refractivity contribution in [2.75, 3.05) is 14.1 Å². The second-order valence-corrected chi connectivity index (χ2v) is 3.81. The van der Waals surface area contributed by atoms with Crippen molar-refractivity contribution in [3.8, 4) is 5.75 Å². The summed E-state index contributed by atoms with van der Waals surface area (Å²) >= 11 is 2.86. The van der Waals surface area contributed by atoms with Crippen molar-refractivity contribution in [3.05, 3.63) is 29.8 Å². The minimum atomic E-state index is 0.769. The van der Waals surface area contributed by atoms with Gasteiger partial charge in [-0.05, 0) is 0 Å². The van der Waals surface area contributed by atoms with Gasteiger partial charge in [-0.15, -0.1) is 0 Å². The Morgan fingerprint density at radius 2 is 2.08 bits per heavy atom. The zero-order valence-electron chi connectivity index (χ0n) is 8.07. The van der Waals surface area contributed by atoms with Crippen LogP contribution in [0.5, 0.6) is 5.75 Å². The van der Waals surface area contributed by atoms with Gasteiger partial charge in [0, 0.05) is 0 Å². The molecule has 0 aromatic heterocycles. The Kier molecular flexibility index (Phi) is 3.52. The van der Waals surface area contributed by atoms with Crippen LogP contribution < -0.4 is 4.74 Å². The summed E-state index contributed by atoms with van der Waals surface area (Å²) in [5.41, 5.74) is 1.20. The Morgan fingerprint density at radius 1 is 1.38 bits per heavy atom. The third-order valence-corrected chi connectivity index (χ3v) is 2.50. The molecule has 0 saturated carbocycles. The SMILES string of the molecule is Cc1cccc(OC(=[Se])N(C)C)c1. The number of aryl methyl sites for hydroxylation is 1. The van der Waals surface area contributed by atoms with Gasteiger partial charge < -0.3 is 0 Å². The van der Waals surface area contributed by atoms with Crippen molar-refractivity contribution in [3.63, 3.8) is 0 Å². The monoisotopic (exact) mass is 243 g/mol. The Morgan fingerprint density at radius 3 is 2.62 bits per heavy atom. The molecule has 13 heavy (non-hydrogen) atoms. The van der Waals surface area contributed by atoms with Crippen LogP contribution in [0, 0.1) is 6.92 Å². The molecule has 0 aliphatic heterocycles. The van der Waals surface area contributed by atoms with Crippen LogP contribution in [0.25, 0.3) is 0 Å². The van der Waals surface area contributed by atoms with Gasteiger partial charge in [-0.3, -0.25) is 0 Å². The average molecular weight is 242 g/mol. The molecule has 3 heteroatoms. The number of hydrogen-bond acceptors (Lipinski definition) is 2. The van der Waals surface area contributed by atoms with Crippen LogP contribution >= 0.6 is 0 Å². The molecule has 0 aliphatic rings. The molecule has 70 valence electrons. The summed E-state index contributed by atoms with van der Waals surface area (Å²) in [4.78, 5) is 1.89. The zero-order chi connectivity index (χ0) is 9.84. The minimum absolute atomic E-state index is 0.769. The number of nitrogens with zero attached hydrogens (tertiary/aromatic N) is 1. The second-order valence-electron chi connectivity index (χ2n) is 3.08. The van der Waals surface area contributed by atoms with Crippen molar-refractivity contribution in [2.45, 2.75) is 6.92 Å². The molecule has 1 aromatic carbocycles. The van der Waals surface area contributed by atoms with Gasteiger partial charge in [-0.1, -0.05) is 0 Å². The molecular weight excluding hydrogens is 229 g/mol. The standard InChI is InChI=1S/C10H13NOSe/c1-8-5-4-6-9(7-8)12-10(13)11(2)3/h4-7H,1-3H3. The molecule has 0 amide bonds. The fourth-order valence-electron chi connectivity index (χ4n) is 0.871. The van der Waals surface area contributed by atoms with Crippen molar-refractivity contribution < 1.29 is 4.74 Å². The molecule has 2 nitrogen and oxygen atoms in total.